The van der Waals surface area contributed by atoms with Gasteiger partial charge in [0, 0.05) is 36.7 Å². The number of nitrogen functional groups attached to an aromatic ring is 1. The Kier molecular flexibility index (Phi) is 6.72. The summed E-state index contributed by atoms with van der Waals surface area (Å²) in [5, 5.41) is 23.4. The first kappa shape index (κ1) is 25.9. The fraction of sp³-hybridized carbons (Fsp3) is 0.346. The third-order valence-corrected chi connectivity index (χ3v) is 7.11. The predicted octanol–water partition coefficient (Wildman–Crippen LogP) is 2.52. The predicted molar refractivity (Wildman–Crippen MR) is 135 cm³/mol. The number of nitrogens with one attached hydrogen (secondary N) is 1. The maximum absolute atomic E-state index is 14.7. The van der Waals surface area contributed by atoms with Crippen LogP contribution in [0.1, 0.15) is 41.2 Å². The number of anilines is 3. The number of piperidine rings is 1. The van der Waals surface area contributed by atoms with E-state index in [-0.39, 0.29) is 23.8 Å². The van der Waals surface area contributed by atoms with Gasteiger partial charge >= 0.3 is 0 Å². The van der Waals surface area contributed by atoms with Gasteiger partial charge in [-0.05, 0) is 25.0 Å². The largest absolute Gasteiger partial charge is 0.397 e. The zero-order valence-electron chi connectivity index (χ0n) is 20.5. The van der Waals surface area contributed by atoms with Crippen molar-refractivity contribution in [3.8, 4) is 11.3 Å². The minimum atomic E-state index is -1.09. The number of fused-ring (bicyclic) bond motifs is 1. The summed E-state index contributed by atoms with van der Waals surface area (Å²) in [6, 6.07) is 3.27. The van der Waals surface area contributed by atoms with E-state index < -0.39 is 58.6 Å². The molecule has 0 radical (unpaired) electrons. The van der Waals surface area contributed by atoms with Gasteiger partial charge in [0.1, 0.15) is 17.3 Å². The van der Waals surface area contributed by atoms with Gasteiger partial charge in [-0.25, -0.2) is 18.2 Å². The number of carbonyl (C=O) groups is 1. The second kappa shape index (κ2) is 9.86. The summed E-state index contributed by atoms with van der Waals surface area (Å²) in [6.07, 6.45) is 0.875. The van der Waals surface area contributed by atoms with Crippen molar-refractivity contribution < 1.29 is 28.2 Å². The maximum Gasteiger partial charge on any atom is 0.276 e. The Morgan fingerprint density at radius 1 is 1.16 bits per heavy atom. The van der Waals surface area contributed by atoms with E-state index in [1.54, 1.807) is 0 Å². The van der Waals surface area contributed by atoms with Crippen LogP contribution >= 0.6 is 0 Å². The number of aliphatic hydroxyl groups excluding tert-OH is 2. The summed E-state index contributed by atoms with van der Waals surface area (Å²) in [5.74, 6) is -4.21. The van der Waals surface area contributed by atoms with E-state index in [2.05, 4.69) is 15.3 Å². The van der Waals surface area contributed by atoms with Gasteiger partial charge in [0.2, 0.25) is 0 Å². The van der Waals surface area contributed by atoms with E-state index in [9.17, 15) is 28.2 Å². The molecule has 12 heteroatoms. The molecule has 1 amide bonds. The number of carbonyl (C=O) groups excluding carboxylic acids is 1. The summed E-state index contributed by atoms with van der Waals surface area (Å²) in [4.78, 5) is 23.5. The zero-order chi connectivity index (χ0) is 27.3. The van der Waals surface area contributed by atoms with Crippen molar-refractivity contribution in [1.82, 2.24) is 9.97 Å². The number of benzene rings is 1. The third kappa shape index (κ3) is 4.44. The second-order valence-corrected chi connectivity index (χ2v) is 9.78. The van der Waals surface area contributed by atoms with Crippen molar-refractivity contribution in [2.24, 2.45) is 11.7 Å². The van der Waals surface area contributed by atoms with Gasteiger partial charge in [0.25, 0.3) is 5.91 Å². The quantitative estimate of drug-likeness (QED) is 0.347. The molecule has 0 bridgehead atoms. The molecule has 38 heavy (non-hydrogen) atoms. The lowest BCUT2D eigenvalue weighted by Gasteiger charge is -2.41. The minimum absolute atomic E-state index is 0.176. The fourth-order valence-electron chi connectivity index (χ4n) is 5.22. The van der Waals surface area contributed by atoms with Crippen LogP contribution in [0.2, 0.25) is 0 Å². The molecule has 1 fully saturated rings. The molecule has 200 valence electrons. The molecule has 2 aliphatic rings. The lowest BCUT2D eigenvalue weighted by atomic mass is 9.92. The standard InChI is InChI=1S/C26H27F3N6O3/c1-11-9-35(10-17(31)25(11)37)24-12-5-6-19(36)21(12)32-8-18(24)33-26(38)23-16(30)7-15(29)22(34-23)20-13(27)3-2-4-14(20)28/h2-4,7-8,11,17,19,25,36-37H,5-6,9-10,30-31H2,1H3,(H,33,38)/t11-,17+,19+,25+/m0/s1. The molecule has 0 unspecified atom stereocenters. The van der Waals surface area contributed by atoms with E-state index >= 15 is 0 Å². The van der Waals surface area contributed by atoms with Crippen molar-refractivity contribution in [1.29, 1.82) is 0 Å². The van der Waals surface area contributed by atoms with Gasteiger partial charge in [-0.2, -0.15) is 0 Å². The third-order valence-electron chi connectivity index (χ3n) is 7.11. The average molecular weight is 529 g/mol. The van der Waals surface area contributed by atoms with Crippen LogP contribution in [0.3, 0.4) is 0 Å². The van der Waals surface area contributed by atoms with Crippen LogP contribution < -0.4 is 21.7 Å². The number of hydrogen-bond acceptors (Lipinski definition) is 8. The molecule has 3 heterocycles. The summed E-state index contributed by atoms with van der Waals surface area (Å²) in [5.41, 5.74) is 12.0. The van der Waals surface area contributed by atoms with E-state index in [0.717, 1.165) is 29.8 Å². The van der Waals surface area contributed by atoms with Crippen LogP contribution in [-0.2, 0) is 6.42 Å². The Hall–Kier alpha value is -3.74. The van der Waals surface area contributed by atoms with Crippen molar-refractivity contribution >= 4 is 23.0 Å². The zero-order valence-corrected chi connectivity index (χ0v) is 20.5. The molecule has 1 aliphatic carbocycles. The Bertz CT molecular complexity index is 1390. The second-order valence-electron chi connectivity index (χ2n) is 9.78. The topological polar surface area (TPSA) is 151 Å². The van der Waals surface area contributed by atoms with Gasteiger partial charge < -0.3 is 31.9 Å². The fourth-order valence-corrected chi connectivity index (χ4v) is 5.22. The van der Waals surface area contributed by atoms with Crippen LogP contribution in [0.5, 0.6) is 0 Å². The van der Waals surface area contributed by atoms with Crippen LogP contribution in [0.4, 0.5) is 30.2 Å². The first-order chi connectivity index (χ1) is 18.1. The van der Waals surface area contributed by atoms with Crippen molar-refractivity contribution in [3.63, 3.8) is 0 Å². The van der Waals surface area contributed by atoms with E-state index in [1.807, 2.05) is 11.8 Å². The molecule has 1 saturated heterocycles. The smallest absolute Gasteiger partial charge is 0.276 e. The summed E-state index contributed by atoms with van der Waals surface area (Å²) < 4.78 is 43.4. The number of aromatic nitrogens is 2. The van der Waals surface area contributed by atoms with E-state index in [4.69, 9.17) is 11.5 Å². The highest BCUT2D eigenvalue weighted by Gasteiger charge is 2.36. The first-order valence-electron chi connectivity index (χ1n) is 12.2. The molecule has 3 aromatic rings. The van der Waals surface area contributed by atoms with Crippen LogP contribution in [-0.4, -0.2) is 51.3 Å². The highest BCUT2D eigenvalue weighted by Crippen LogP contribution is 2.42. The molecule has 1 aliphatic heterocycles. The van der Waals surface area contributed by atoms with Crippen LogP contribution in [0.15, 0.2) is 30.5 Å². The monoisotopic (exact) mass is 528 g/mol. The van der Waals surface area contributed by atoms with Gasteiger partial charge in [-0.3, -0.25) is 9.78 Å². The molecule has 9 nitrogen and oxygen atoms in total. The molecule has 2 aromatic heterocycles. The molecular weight excluding hydrogens is 501 g/mol. The molecule has 1 aromatic carbocycles. The normalized spacial score (nSPS) is 22.9. The Morgan fingerprint density at radius 3 is 2.55 bits per heavy atom. The molecule has 7 N–H and O–H groups in total. The number of nitrogens with zero attached hydrogens (tertiary/aromatic N) is 3. The van der Waals surface area contributed by atoms with Crippen molar-refractivity contribution in [2.45, 2.75) is 38.0 Å². The van der Waals surface area contributed by atoms with Gasteiger partial charge in [0.15, 0.2) is 11.5 Å². The van der Waals surface area contributed by atoms with Crippen LogP contribution in [0.25, 0.3) is 11.3 Å². The Morgan fingerprint density at radius 2 is 1.87 bits per heavy atom. The number of rotatable bonds is 4. The van der Waals surface area contributed by atoms with E-state index in [0.29, 0.717) is 30.8 Å². The van der Waals surface area contributed by atoms with Gasteiger partial charge in [-0.15, -0.1) is 0 Å². The lowest BCUT2D eigenvalue weighted by Crippen LogP contribution is -2.56. The number of amides is 1. The van der Waals surface area contributed by atoms with Crippen molar-refractivity contribution in [2.75, 3.05) is 29.0 Å². The summed E-state index contributed by atoms with van der Waals surface area (Å²) in [6.45, 7) is 2.57. The molecular formula is C26H27F3N6O3. The maximum atomic E-state index is 14.7. The average Bonchev–Trinajstić information content (AvgIpc) is 3.23. The van der Waals surface area contributed by atoms with Gasteiger partial charge in [0.05, 0.1) is 46.7 Å². The lowest BCUT2D eigenvalue weighted by molar-refractivity contribution is 0.0784. The number of halogens is 3. The number of nitrogens with two attached hydrogens (primary N) is 2. The van der Waals surface area contributed by atoms with E-state index in [1.165, 1.54) is 6.20 Å². The summed E-state index contributed by atoms with van der Waals surface area (Å²) in [7, 11) is 0. The number of pyridine rings is 2. The Labute approximate surface area is 216 Å². The van der Waals surface area contributed by atoms with Gasteiger partial charge in [-0.1, -0.05) is 13.0 Å². The Balaban J connectivity index is 1.55. The first-order valence-corrected chi connectivity index (χ1v) is 12.2. The number of aliphatic hydroxyl groups is 2. The number of hydrogen-bond donors (Lipinski definition) is 5. The molecule has 0 saturated carbocycles. The minimum Gasteiger partial charge on any atom is -0.397 e. The SMILES string of the molecule is C[C@H]1CN(c2c(NC(=O)c3nc(-c4c(F)cccc4F)c(F)cc3N)cnc3c2CC[C@H]3O)C[C@@H](N)[C@@H]1O. The van der Waals surface area contributed by atoms with Crippen LogP contribution in [0, 0.1) is 23.4 Å². The highest BCUT2D eigenvalue weighted by atomic mass is 19.1. The van der Waals surface area contributed by atoms with Crippen molar-refractivity contribution in [3.05, 3.63) is 64.9 Å². The molecule has 0 spiro atoms. The molecule has 4 atom stereocenters. The molecule has 5 rings (SSSR count). The highest BCUT2D eigenvalue weighted by molar-refractivity contribution is 6.08. The summed E-state index contributed by atoms with van der Waals surface area (Å²) >= 11 is 0.